The number of likely N-dealkylation sites (tertiary alicyclic amines) is 1. The Hall–Kier alpha value is -1.79. The van der Waals surface area contributed by atoms with Gasteiger partial charge in [-0.05, 0) is 18.4 Å². The molecule has 1 fully saturated rings. The van der Waals surface area contributed by atoms with Gasteiger partial charge in [-0.1, -0.05) is 30.3 Å². The van der Waals surface area contributed by atoms with Gasteiger partial charge >= 0.3 is 12.1 Å². The minimum Gasteiger partial charge on any atom is -0.467 e. The van der Waals surface area contributed by atoms with Gasteiger partial charge in [-0.25, -0.2) is 9.59 Å². The average Bonchev–Trinajstić information content (AvgIpc) is 2.52. The number of piperidine rings is 1. The van der Waals surface area contributed by atoms with E-state index < -0.39 is 18.1 Å². The monoisotopic (exact) mass is 328 g/mol. The zero-order valence-corrected chi connectivity index (χ0v) is 13.3. The van der Waals surface area contributed by atoms with Gasteiger partial charge in [-0.3, -0.25) is 4.90 Å². The lowest BCUT2D eigenvalue weighted by Crippen LogP contribution is -2.54. The molecule has 1 heterocycles. The van der Waals surface area contributed by atoms with Crippen molar-refractivity contribution in [2.24, 2.45) is 5.73 Å². The molecule has 1 amide bonds. The molecule has 2 rings (SSSR count). The van der Waals surface area contributed by atoms with Crippen LogP contribution in [0, 0.1) is 0 Å². The molecule has 122 valence electrons. The fraction of sp³-hybridized carbons (Fsp3) is 0.467. The smallest absolute Gasteiger partial charge is 0.410 e. The minimum absolute atomic E-state index is 0. The fourth-order valence-electron chi connectivity index (χ4n) is 2.38. The van der Waals surface area contributed by atoms with Gasteiger partial charge in [0.1, 0.15) is 12.6 Å². The molecule has 1 aliphatic rings. The molecule has 1 aliphatic heterocycles. The van der Waals surface area contributed by atoms with Crippen LogP contribution in [-0.2, 0) is 20.9 Å². The number of methoxy groups -OCH3 is 1. The number of rotatable bonds is 3. The second-order valence-electron chi connectivity index (χ2n) is 5.07. The highest BCUT2D eigenvalue weighted by Crippen LogP contribution is 2.19. The summed E-state index contributed by atoms with van der Waals surface area (Å²) in [5, 5.41) is 0. The highest BCUT2D eigenvalue weighted by Gasteiger charge is 2.36. The number of esters is 1. The van der Waals surface area contributed by atoms with Crippen molar-refractivity contribution in [3.05, 3.63) is 35.9 Å². The molecule has 0 saturated carbocycles. The van der Waals surface area contributed by atoms with Crippen LogP contribution in [0.15, 0.2) is 30.3 Å². The summed E-state index contributed by atoms with van der Waals surface area (Å²) < 4.78 is 10.0. The van der Waals surface area contributed by atoms with E-state index in [4.69, 9.17) is 15.2 Å². The molecule has 0 aromatic heterocycles. The molecule has 1 aromatic rings. The highest BCUT2D eigenvalue weighted by atomic mass is 35.5. The Morgan fingerprint density at radius 2 is 1.95 bits per heavy atom. The predicted octanol–water partition coefficient (Wildman–Crippen LogP) is 1.71. The molecule has 0 unspecified atom stereocenters. The number of halogens is 1. The third-order valence-electron chi connectivity index (χ3n) is 3.53. The highest BCUT2D eigenvalue weighted by molar-refractivity contribution is 5.85. The van der Waals surface area contributed by atoms with Gasteiger partial charge < -0.3 is 15.2 Å². The number of hydrogen-bond acceptors (Lipinski definition) is 5. The Morgan fingerprint density at radius 1 is 1.27 bits per heavy atom. The number of benzene rings is 1. The molecule has 6 nitrogen and oxygen atoms in total. The van der Waals surface area contributed by atoms with Gasteiger partial charge in [-0.2, -0.15) is 0 Å². The first-order valence-electron chi connectivity index (χ1n) is 6.92. The molecule has 0 aliphatic carbocycles. The van der Waals surface area contributed by atoms with Crippen LogP contribution < -0.4 is 5.73 Å². The molecular weight excluding hydrogens is 308 g/mol. The van der Waals surface area contributed by atoms with Gasteiger partial charge in [0.2, 0.25) is 0 Å². The van der Waals surface area contributed by atoms with Crippen LogP contribution in [0.25, 0.3) is 0 Å². The summed E-state index contributed by atoms with van der Waals surface area (Å²) in [5.74, 6) is -0.432. The summed E-state index contributed by atoms with van der Waals surface area (Å²) in [6.45, 7) is 0.465. The Labute approximate surface area is 136 Å². The number of nitrogens with zero attached hydrogens (tertiary/aromatic N) is 1. The van der Waals surface area contributed by atoms with E-state index in [9.17, 15) is 9.59 Å². The van der Waals surface area contributed by atoms with E-state index in [1.165, 1.54) is 12.0 Å². The first kappa shape index (κ1) is 18.3. The maximum Gasteiger partial charge on any atom is 0.410 e. The first-order valence-corrected chi connectivity index (χ1v) is 6.92. The Balaban J connectivity index is 0.00000242. The lowest BCUT2D eigenvalue weighted by molar-refractivity contribution is -0.147. The molecule has 22 heavy (non-hydrogen) atoms. The molecule has 0 bridgehead atoms. The fourth-order valence-corrected chi connectivity index (χ4v) is 2.38. The zero-order chi connectivity index (χ0) is 15.2. The van der Waals surface area contributed by atoms with Gasteiger partial charge in [0, 0.05) is 12.6 Å². The molecule has 7 heteroatoms. The van der Waals surface area contributed by atoms with Crippen molar-refractivity contribution >= 4 is 24.5 Å². The third-order valence-corrected chi connectivity index (χ3v) is 3.53. The van der Waals surface area contributed by atoms with Crippen LogP contribution in [0.1, 0.15) is 18.4 Å². The third kappa shape index (κ3) is 4.61. The maximum absolute atomic E-state index is 12.2. The molecule has 0 spiro atoms. The molecule has 2 atom stereocenters. The number of amides is 1. The van der Waals surface area contributed by atoms with E-state index in [-0.39, 0.29) is 25.1 Å². The van der Waals surface area contributed by atoms with Crippen molar-refractivity contribution in [3.63, 3.8) is 0 Å². The molecular formula is C15H21ClN2O4. The summed E-state index contributed by atoms with van der Waals surface area (Å²) in [5.41, 5.74) is 6.76. The van der Waals surface area contributed by atoms with Crippen LogP contribution in [0.5, 0.6) is 0 Å². The lowest BCUT2D eigenvalue weighted by Gasteiger charge is -2.35. The lowest BCUT2D eigenvalue weighted by atomic mass is 9.99. The summed E-state index contributed by atoms with van der Waals surface area (Å²) >= 11 is 0. The topological polar surface area (TPSA) is 81.9 Å². The van der Waals surface area contributed by atoms with Crippen LogP contribution in [0.4, 0.5) is 4.79 Å². The molecule has 1 aromatic carbocycles. The largest absolute Gasteiger partial charge is 0.467 e. The SMILES string of the molecule is COC(=O)[C@@H]1CC[C@H](N)CN1C(=O)OCc1ccccc1.Cl. The van der Waals surface area contributed by atoms with Crippen LogP contribution in [0.2, 0.25) is 0 Å². The van der Waals surface area contributed by atoms with Crippen LogP contribution in [-0.4, -0.2) is 42.7 Å². The summed E-state index contributed by atoms with van der Waals surface area (Å²) in [4.78, 5) is 25.3. The van der Waals surface area contributed by atoms with Crippen molar-refractivity contribution in [2.75, 3.05) is 13.7 Å². The number of hydrogen-bond donors (Lipinski definition) is 1. The van der Waals surface area contributed by atoms with E-state index >= 15 is 0 Å². The van der Waals surface area contributed by atoms with Crippen molar-refractivity contribution in [1.82, 2.24) is 4.90 Å². The van der Waals surface area contributed by atoms with Gasteiger partial charge in [0.05, 0.1) is 7.11 Å². The maximum atomic E-state index is 12.2. The standard InChI is InChI=1S/C15H20N2O4.ClH/c1-20-14(18)13-8-7-12(16)9-17(13)15(19)21-10-11-5-3-2-4-6-11;/h2-6,12-13H,7-10,16H2,1H3;1H/t12-,13-;/m0./s1. The van der Waals surface area contributed by atoms with Gasteiger partial charge in [0.15, 0.2) is 0 Å². The van der Waals surface area contributed by atoms with Crippen molar-refractivity contribution in [3.8, 4) is 0 Å². The molecule has 0 radical (unpaired) electrons. The van der Waals surface area contributed by atoms with Crippen molar-refractivity contribution in [1.29, 1.82) is 0 Å². The molecule has 1 saturated heterocycles. The Morgan fingerprint density at radius 3 is 2.59 bits per heavy atom. The second kappa shape index (κ2) is 8.60. The van der Waals surface area contributed by atoms with Crippen molar-refractivity contribution < 1.29 is 19.1 Å². The van der Waals surface area contributed by atoms with E-state index in [1.54, 1.807) is 0 Å². The number of carbonyl (C=O) groups is 2. The number of carbonyl (C=O) groups excluding carboxylic acids is 2. The summed E-state index contributed by atoms with van der Waals surface area (Å²) in [6.07, 6.45) is 0.640. The average molecular weight is 329 g/mol. The van der Waals surface area contributed by atoms with Gasteiger partial charge in [0.25, 0.3) is 0 Å². The van der Waals surface area contributed by atoms with Crippen LogP contribution >= 0.6 is 12.4 Å². The Bertz CT molecular complexity index is 498. The van der Waals surface area contributed by atoms with E-state index in [2.05, 4.69) is 0 Å². The minimum atomic E-state index is -0.613. The quantitative estimate of drug-likeness (QED) is 0.854. The van der Waals surface area contributed by atoms with E-state index in [0.29, 0.717) is 19.4 Å². The normalized spacial score (nSPS) is 20.7. The molecule has 2 N–H and O–H groups in total. The summed E-state index contributed by atoms with van der Waals surface area (Å²) in [6, 6.07) is 8.62. The van der Waals surface area contributed by atoms with Crippen LogP contribution in [0.3, 0.4) is 0 Å². The number of ether oxygens (including phenoxy) is 2. The summed E-state index contributed by atoms with van der Waals surface area (Å²) in [7, 11) is 1.31. The van der Waals surface area contributed by atoms with Crippen molar-refractivity contribution in [2.45, 2.75) is 31.5 Å². The number of nitrogens with two attached hydrogens (primary N) is 1. The second-order valence-corrected chi connectivity index (χ2v) is 5.07. The Kier molecular flexibility index (Phi) is 7.14. The van der Waals surface area contributed by atoms with E-state index in [1.807, 2.05) is 30.3 Å². The van der Waals surface area contributed by atoms with E-state index in [0.717, 1.165) is 5.56 Å². The van der Waals surface area contributed by atoms with Gasteiger partial charge in [-0.15, -0.1) is 12.4 Å². The first-order chi connectivity index (χ1) is 10.1. The zero-order valence-electron chi connectivity index (χ0n) is 12.4. The predicted molar refractivity (Wildman–Crippen MR) is 83.6 cm³/mol.